The summed E-state index contributed by atoms with van der Waals surface area (Å²) >= 11 is 1.82. The Morgan fingerprint density at radius 1 is 1.32 bits per heavy atom. The van der Waals surface area contributed by atoms with Crippen LogP contribution in [0.15, 0.2) is 6.20 Å². The molecule has 1 N–H and O–H groups in total. The Labute approximate surface area is 120 Å². The van der Waals surface area contributed by atoms with E-state index in [-0.39, 0.29) is 0 Å². The lowest BCUT2D eigenvalue weighted by atomic mass is 10.2. The smallest absolute Gasteiger partial charge is 0.185 e. The van der Waals surface area contributed by atoms with Crippen molar-refractivity contribution in [1.29, 1.82) is 0 Å². The average Bonchev–Trinajstić information content (AvgIpc) is 2.95. The first-order chi connectivity index (χ1) is 9.15. The summed E-state index contributed by atoms with van der Waals surface area (Å²) in [6.07, 6.45) is 3.25. The first-order valence-corrected chi connectivity index (χ1v) is 8.09. The standard InChI is InChI=1S/C14H26N4S/c1-5-11(2)17-6-8-18(9-7-17)14-16-10-13(19-14)12(3)15-4/h10-12,15H,5-9H2,1-4H3. The maximum atomic E-state index is 4.58. The molecule has 0 radical (unpaired) electrons. The molecule has 5 heteroatoms. The summed E-state index contributed by atoms with van der Waals surface area (Å²) in [7, 11) is 2.00. The van der Waals surface area contributed by atoms with Gasteiger partial charge in [-0.05, 0) is 27.3 Å². The molecule has 0 spiro atoms. The SMILES string of the molecule is CCC(C)N1CCN(c2ncc(C(C)NC)s2)CC1. The van der Waals surface area contributed by atoms with E-state index < -0.39 is 0 Å². The zero-order chi connectivity index (χ0) is 13.8. The molecule has 1 saturated heterocycles. The molecule has 19 heavy (non-hydrogen) atoms. The molecule has 1 aromatic rings. The van der Waals surface area contributed by atoms with Crippen molar-refractivity contribution < 1.29 is 0 Å². The number of nitrogens with zero attached hydrogens (tertiary/aromatic N) is 3. The molecule has 0 saturated carbocycles. The minimum absolute atomic E-state index is 0.396. The van der Waals surface area contributed by atoms with Gasteiger partial charge in [-0.2, -0.15) is 0 Å². The van der Waals surface area contributed by atoms with E-state index in [4.69, 9.17) is 0 Å². The number of piperazine rings is 1. The fourth-order valence-corrected chi connectivity index (χ4v) is 3.41. The molecule has 0 bridgehead atoms. The molecule has 1 aromatic heterocycles. The minimum atomic E-state index is 0.396. The van der Waals surface area contributed by atoms with Crippen LogP contribution in [-0.4, -0.2) is 49.2 Å². The predicted octanol–water partition coefficient (Wildman–Crippen LogP) is 2.34. The lowest BCUT2D eigenvalue weighted by Gasteiger charge is -2.37. The Bertz CT molecular complexity index is 385. The van der Waals surface area contributed by atoms with Gasteiger partial charge in [-0.3, -0.25) is 4.90 Å². The highest BCUT2D eigenvalue weighted by Gasteiger charge is 2.22. The molecule has 2 atom stereocenters. The van der Waals surface area contributed by atoms with Gasteiger partial charge in [-0.15, -0.1) is 11.3 Å². The lowest BCUT2D eigenvalue weighted by molar-refractivity contribution is 0.193. The quantitative estimate of drug-likeness (QED) is 0.898. The van der Waals surface area contributed by atoms with E-state index in [1.54, 1.807) is 0 Å². The number of nitrogens with one attached hydrogen (secondary N) is 1. The zero-order valence-electron chi connectivity index (χ0n) is 12.5. The van der Waals surface area contributed by atoms with E-state index in [1.807, 2.05) is 24.6 Å². The van der Waals surface area contributed by atoms with E-state index in [0.29, 0.717) is 12.1 Å². The lowest BCUT2D eigenvalue weighted by Crippen LogP contribution is -2.49. The van der Waals surface area contributed by atoms with Crippen molar-refractivity contribution in [1.82, 2.24) is 15.2 Å². The van der Waals surface area contributed by atoms with Crippen molar-refractivity contribution in [3.05, 3.63) is 11.1 Å². The Morgan fingerprint density at radius 3 is 2.58 bits per heavy atom. The molecular weight excluding hydrogens is 256 g/mol. The van der Waals surface area contributed by atoms with Crippen LogP contribution in [0, 0.1) is 0 Å². The highest BCUT2D eigenvalue weighted by atomic mass is 32.1. The first-order valence-electron chi connectivity index (χ1n) is 7.27. The summed E-state index contributed by atoms with van der Waals surface area (Å²) in [4.78, 5) is 10.9. The molecule has 1 fully saturated rings. The van der Waals surface area contributed by atoms with Crippen LogP contribution in [0.25, 0.3) is 0 Å². The van der Waals surface area contributed by atoms with Gasteiger partial charge in [0.25, 0.3) is 0 Å². The second-order valence-electron chi connectivity index (χ2n) is 5.34. The maximum Gasteiger partial charge on any atom is 0.185 e. The second-order valence-corrected chi connectivity index (χ2v) is 6.38. The molecule has 4 nitrogen and oxygen atoms in total. The molecule has 1 aliphatic rings. The summed E-state index contributed by atoms with van der Waals surface area (Å²) in [5.41, 5.74) is 0. The largest absolute Gasteiger partial charge is 0.346 e. The molecular formula is C14H26N4S. The van der Waals surface area contributed by atoms with Crippen molar-refractivity contribution in [3.63, 3.8) is 0 Å². The molecule has 2 heterocycles. The van der Waals surface area contributed by atoms with Gasteiger partial charge < -0.3 is 10.2 Å². The maximum absolute atomic E-state index is 4.58. The van der Waals surface area contributed by atoms with Gasteiger partial charge in [0.2, 0.25) is 0 Å². The fourth-order valence-electron chi connectivity index (χ4n) is 2.38. The number of thiazole rings is 1. The van der Waals surface area contributed by atoms with Gasteiger partial charge in [0.15, 0.2) is 5.13 Å². The summed E-state index contributed by atoms with van der Waals surface area (Å²) in [6, 6.07) is 1.10. The molecule has 2 rings (SSSR count). The molecule has 0 aromatic carbocycles. The minimum Gasteiger partial charge on any atom is -0.346 e. The van der Waals surface area contributed by atoms with Gasteiger partial charge in [0.05, 0.1) is 0 Å². The number of hydrogen-bond acceptors (Lipinski definition) is 5. The van der Waals surface area contributed by atoms with Crippen LogP contribution < -0.4 is 10.2 Å². The molecule has 0 aliphatic carbocycles. The monoisotopic (exact) mass is 282 g/mol. The van der Waals surface area contributed by atoms with Crippen molar-refractivity contribution in [2.75, 3.05) is 38.1 Å². The highest BCUT2D eigenvalue weighted by Crippen LogP contribution is 2.27. The molecule has 0 amide bonds. The summed E-state index contributed by atoms with van der Waals surface area (Å²) in [5, 5.41) is 4.45. The molecule has 1 aliphatic heterocycles. The van der Waals surface area contributed by atoms with E-state index in [0.717, 1.165) is 26.2 Å². The number of hydrogen-bond donors (Lipinski definition) is 1. The number of aromatic nitrogens is 1. The van der Waals surface area contributed by atoms with Gasteiger partial charge in [-0.25, -0.2) is 4.98 Å². The first kappa shape index (κ1) is 14.8. The fraction of sp³-hybridized carbons (Fsp3) is 0.786. The van der Waals surface area contributed by atoms with Crippen molar-refractivity contribution in [2.45, 2.75) is 39.3 Å². The Morgan fingerprint density at radius 2 is 2.00 bits per heavy atom. The third-order valence-electron chi connectivity index (χ3n) is 4.17. The Kier molecular flexibility index (Phi) is 5.19. The summed E-state index contributed by atoms with van der Waals surface area (Å²) < 4.78 is 0. The van der Waals surface area contributed by atoms with Crippen LogP contribution in [-0.2, 0) is 0 Å². The molecule has 2 unspecified atom stereocenters. The van der Waals surface area contributed by atoms with Crippen LogP contribution in [0.1, 0.15) is 38.1 Å². The van der Waals surface area contributed by atoms with Crippen LogP contribution in [0.5, 0.6) is 0 Å². The van der Waals surface area contributed by atoms with Crippen molar-refractivity contribution in [2.24, 2.45) is 0 Å². The van der Waals surface area contributed by atoms with E-state index in [2.05, 4.69) is 40.9 Å². The highest BCUT2D eigenvalue weighted by molar-refractivity contribution is 7.15. The third kappa shape index (κ3) is 3.46. The van der Waals surface area contributed by atoms with Crippen LogP contribution in [0.3, 0.4) is 0 Å². The van der Waals surface area contributed by atoms with Gasteiger partial charge in [0, 0.05) is 49.3 Å². The van der Waals surface area contributed by atoms with Crippen LogP contribution in [0.2, 0.25) is 0 Å². The number of rotatable bonds is 5. The second kappa shape index (κ2) is 6.68. The van der Waals surface area contributed by atoms with E-state index in [9.17, 15) is 0 Å². The average molecular weight is 282 g/mol. The van der Waals surface area contributed by atoms with E-state index in [1.165, 1.54) is 16.4 Å². The predicted molar refractivity (Wildman–Crippen MR) is 83.1 cm³/mol. The summed E-state index contributed by atoms with van der Waals surface area (Å²) in [5.74, 6) is 0. The Hall–Kier alpha value is -0.650. The van der Waals surface area contributed by atoms with Gasteiger partial charge >= 0.3 is 0 Å². The van der Waals surface area contributed by atoms with Gasteiger partial charge in [0.1, 0.15) is 0 Å². The van der Waals surface area contributed by atoms with E-state index >= 15 is 0 Å². The Balaban J connectivity index is 1.92. The number of anilines is 1. The topological polar surface area (TPSA) is 31.4 Å². The third-order valence-corrected chi connectivity index (χ3v) is 5.41. The normalized spacial score (nSPS) is 20.5. The molecule has 108 valence electrons. The van der Waals surface area contributed by atoms with Gasteiger partial charge in [-0.1, -0.05) is 6.92 Å². The zero-order valence-corrected chi connectivity index (χ0v) is 13.3. The van der Waals surface area contributed by atoms with Crippen molar-refractivity contribution >= 4 is 16.5 Å². The summed E-state index contributed by atoms with van der Waals surface area (Å²) in [6.45, 7) is 11.3. The van der Waals surface area contributed by atoms with Crippen LogP contribution in [0.4, 0.5) is 5.13 Å². The van der Waals surface area contributed by atoms with Crippen molar-refractivity contribution in [3.8, 4) is 0 Å². The van der Waals surface area contributed by atoms with Crippen LogP contribution >= 0.6 is 11.3 Å².